The van der Waals surface area contributed by atoms with Crippen molar-refractivity contribution in [2.75, 3.05) is 32.7 Å². The van der Waals surface area contributed by atoms with Gasteiger partial charge in [0.2, 0.25) is 0 Å². The Morgan fingerprint density at radius 3 is 2.48 bits per heavy atom. The number of pyridine rings is 1. The summed E-state index contributed by atoms with van der Waals surface area (Å²) in [4.78, 5) is 20.9. The Hall–Kier alpha value is -1.13. The molecule has 0 atom stereocenters. The predicted octanol–water partition coefficient (Wildman–Crippen LogP) is 3.18. The summed E-state index contributed by atoms with van der Waals surface area (Å²) in [6, 6.07) is 3.49. The Morgan fingerprint density at radius 1 is 1.29 bits per heavy atom. The van der Waals surface area contributed by atoms with Gasteiger partial charge in [0.05, 0.1) is 5.56 Å². The number of carbonyl (C=O) groups is 1. The van der Waals surface area contributed by atoms with Crippen molar-refractivity contribution in [2.24, 2.45) is 5.92 Å². The second-order valence-electron chi connectivity index (χ2n) is 5.51. The average Bonchev–Trinajstić information content (AvgIpc) is 2.46. The van der Waals surface area contributed by atoms with Crippen LogP contribution in [-0.4, -0.2) is 53.4 Å². The number of hydrogen-bond acceptors (Lipinski definition) is 3. The van der Waals surface area contributed by atoms with Crippen molar-refractivity contribution in [3.8, 4) is 0 Å². The van der Waals surface area contributed by atoms with Crippen LogP contribution >= 0.6 is 11.6 Å². The first-order valence-electron chi connectivity index (χ1n) is 7.61. The summed E-state index contributed by atoms with van der Waals surface area (Å²) in [6.45, 7) is 12.8. The van der Waals surface area contributed by atoms with Crippen LogP contribution in [0.1, 0.15) is 38.1 Å². The molecule has 5 heteroatoms. The van der Waals surface area contributed by atoms with Gasteiger partial charge in [0, 0.05) is 25.8 Å². The molecule has 0 saturated carbocycles. The van der Waals surface area contributed by atoms with Crippen molar-refractivity contribution in [3.63, 3.8) is 0 Å². The van der Waals surface area contributed by atoms with Crippen LogP contribution in [0.25, 0.3) is 0 Å². The molecule has 0 bridgehead atoms. The third-order valence-electron chi connectivity index (χ3n) is 3.44. The van der Waals surface area contributed by atoms with Crippen LogP contribution in [0.4, 0.5) is 0 Å². The van der Waals surface area contributed by atoms with E-state index in [4.69, 9.17) is 11.6 Å². The number of hydrogen-bond donors (Lipinski definition) is 0. The van der Waals surface area contributed by atoms with E-state index in [1.165, 1.54) is 0 Å². The number of amides is 1. The summed E-state index contributed by atoms with van der Waals surface area (Å²) in [5, 5.41) is 0.277. The van der Waals surface area contributed by atoms with Crippen molar-refractivity contribution in [1.82, 2.24) is 14.8 Å². The summed E-state index contributed by atoms with van der Waals surface area (Å²) in [6.07, 6.45) is 1.60. The average molecular weight is 312 g/mol. The van der Waals surface area contributed by atoms with Crippen molar-refractivity contribution in [2.45, 2.75) is 27.7 Å². The molecule has 1 amide bonds. The summed E-state index contributed by atoms with van der Waals surface area (Å²) < 4.78 is 0. The number of rotatable bonds is 8. The zero-order chi connectivity index (χ0) is 15.8. The van der Waals surface area contributed by atoms with Gasteiger partial charge in [0.15, 0.2) is 0 Å². The van der Waals surface area contributed by atoms with Crippen LogP contribution in [0.3, 0.4) is 0 Å². The van der Waals surface area contributed by atoms with Crippen LogP contribution in [0.2, 0.25) is 5.15 Å². The molecule has 0 aliphatic heterocycles. The Morgan fingerprint density at radius 2 is 1.95 bits per heavy atom. The first-order valence-corrected chi connectivity index (χ1v) is 7.99. The maximum Gasteiger partial charge on any atom is 0.257 e. The lowest BCUT2D eigenvalue weighted by Gasteiger charge is -2.28. The molecular weight excluding hydrogens is 286 g/mol. The van der Waals surface area contributed by atoms with E-state index < -0.39 is 0 Å². The van der Waals surface area contributed by atoms with Gasteiger partial charge in [-0.3, -0.25) is 4.79 Å². The molecule has 1 rings (SSSR count). The van der Waals surface area contributed by atoms with E-state index in [0.29, 0.717) is 18.0 Å². The van der Waals surface area contributed by atoms with Crippen LogP contribution in [0.15, 0.2) is 18.3 Å². The Kier molecular flexibility index (Phi) is 7.68. The molecule has 118 valence electrons. The molecule has 0 unspecified atom stereocenters. The highest BCUT2D eigenvalue weighted by Crippen LogP contribution is 2.15. The number of carbonyl (C=O) groups excluding carboxylic acids is 1. The maximum atomic E-state index is 12.7. The van der Waals surface area contributed by atoms with E-state index in [9.17, 15) is 4.79 Å². The molecule has 0 saturated heterocycles. The van der Waals surface area contributed by atoms with Gasteiger partial charge in [-0.25, -0.2) is 4.98 Å². The Bertz CT molecular complexity index is 447. The molecule has 0 radical (unpaired) electrons. The summed E-state index contributed by atoms with van der Waals surface area (Å²) in [7, 11) is 0. The lowest BCUT2D eigenvalue weighted by molar-refractivity contribution is 0.0716. The molecule has 0 aliphatic carbocycles. The maximum absolute atomic E-state index is 12.7. The van der Waals surface area contributed by atoms with Gasteiger partial charge >= 0.3 is 0 Å². The topological polar surface area (TPSA) is 36.4 Å². The fourth-order valence-electron chi connectivity index (χ4n) is 2.23. The quantitative estimate of drug-likeness (QED) is 0.692. The van der Waals surface area contributed by atoms with Gasteiger partial charge in [-0.2, -0.15) is 0 Å². The summed E-state index contributed by atoms with van der Waals surface area (Å²) >= 11 is 6.05. The zero-order valence-corrected chi connectivity index (χ0v) is 14.2. The molecule has 21 heavy (non-hydrogen) atoms. The zero-order valence-electron chi connectivity index (χ0n) is 13.5. The van der Waals surface area contributed by atoms with Crippen LogP contribution in [0.5, 0.6) is 0 Å². The van der Waals surface area contributed by atoms with Crippen molar-refractivity contribution in [3.05, 3.63) is 29.0 Å². The fourth-order valence-corrected chi connectivity index (χ4v) is 2.43. The number of halogens is 1. The molecule has 1 aromatic heterocycles. The van der Waals surface area contributed by atoms with Crippen LogP contribution < -0.4 is 0 Å². The number of aromatic nitrogens is 1. The minimum absolute atomic E-state index is 0.0334. The van der Waals surface area contributed by atoms with Gasteiger partial charge in [-0.15, -0.1) is 0 Å². The molecule has 0 spiro atoms. The lowest BCUT2D eigenvalue weighted by atomic mass is 10.1. The largest absolute Gasteiger partial charge is 0.337 e. The van der Waals surface area contributed by atoms with Crippen molar-refractivity contribution in [1.29, 1.82) is 0 Å². The summed E-state index contributed by atoms with van der Waals surface area (Å²) in [5.41, 5.74) is 0.486. The molecule has 0 aromatic carbocycles. The van der Waals surface area contributed by atoms with Crippen molar-refractivity contribution < 1.29 is 4.79 Å². The van der Waals surface area contributed by atoms with E-state index in [-0.39, 0.29) is 11.1 Å². The summed E-state index contributed by atoms with van der Waals surface area (Å²) in [5.74, 6) is 0.384. The SMILES string of the molecule is CCN(CC)CCN(CC(C)C)C(=O)c1cccnc1Cl. The van der Waals surface area contributed by atoms with Gasteiger partial charge in [-0.05, 0) is 31.1 Å². The molecular formula is C16H26ClN3O. The number of likely N-dealkylation sites (N-methyl/N-ethyl adjacent to an activating group) is 1. The third-order valence-corrected chi connectivity index (χ3v) is 3.74. The first-order chi connectivity index (χ1) is 9.99. The normalized spacial score (nSPS) is 11.2. The molecule has 0 aliphatic rings. The van der Waals surface area contributed by atoms with Crippen molar-refractivity contribution >= 4 is 17.5 Å². The van der Waals surface area contributed by atoms with Gasteiger partial charge in [0.1, 0.15) is 5.15 Å². The standard InChI is InChI=1S/C16H26ClN3O/c1-5-19(6-2)10-11-20(12-13(3)4)16(21)14-8-7-9-18-15(14)17/h7-9,13H,5-6,10-12H2,1-4H3. The second-order valence-corrected chi connectivity index (χ2v) is 5.87. The smallest absolute Gasteiger partial charge is 0.257 e. The van der Waals surface area contributed by atoms with Gasteiger partial charge in [0.25, 0.3) is 5.91 Å². The fraction of sp³-hybridized carbons (Fsp3) is 0.625. The predicted molar refractivity (Wildman–Crippen MR) is 87.8 cm³/mol. The van der Waals surface area contributed by atoms with Gasteiger partial charge in [-0.1, -0.05) is 39.3 Å². The third kappa shape index (κ3) is 5.64. The Labute approximate surface area is 133 Å². The van der Waals surface area contributed by atoms with E-state index in [1.807, 2.05) is 4.90 Å². The highest BCUT2D eigenvalue weighted by molar-refractivity contribution is 6.32. The lowest BCUT2D eigenvalue weighted by Crippen LogP contribution is -2.40. The monoisotopic (exact) mass is 311 g/mol. The molecule has 0 N–H and O–H groups in total. The van der Waals surface area contributed by atoms with E-state index in [2.05, 4.69) is 37.6 Å². The van der Waals surface area contributed by atoms with Crippen LogP contribution in [0, 0.1) is 5.92 Å². The Balaban J connectivity index is 2.82. The van der Waals surface area contributed by atoms with E-state index >= 15 is 0 Å². The van der Waals surface area contributed by atoms with Gasteiger partial charge < -0.3 is 9.80 Å². The van der Waals surface area contributed by atoms with E-state index in [1.54, 1.807) is 18.3 Å². The minimum atomic E-state index is -0.0334. The molecule has 0 fully saturated rings. The molecule has 1 heterocycles. The molecule has 1 aromatic rings. The second kappa shape index (κ2) is 9.00. The van der Waals surface area contributed by atoms with Crippen LogP contribution in [-0.2, 0) is 0 Å². The highest BCUT2D eigenvalue weighted by atomic mass is 35.5. The molecule has 4 nitrogen and oxygen atoms in total. The van der Waals surface area contributed by atoms with E-state index in [0.717, 1.165) is 26.2 Å². The first kappa shape index (κ1) is 17.9. The highest BCUT2D eigenvalue weighted by Gasteiger charge is 2.20. The minimum Gasteiger partial charge on any atom is -0.337 e. The number of nitrogens with zero attached hydrogens (tertiary/aromatic N) is 3.